The summed E-state index contributed by atoms with van der Waals surface area (Å²) >= 11 is 1.27. The van der Waals surface area contributed by atoms with Gasteiger partial charge in [0.25, 0.3) is 5.91 Å². The fraction of sp³-hybridized carbons (Fsp3) is 0.250. The minimum absolute atomic E-state index is 0.0873. The fourth-order valence-electron chi connectivity index (χ4n) is 3.90. The first kappa shape index (κ1) is 24.4. The molecular formula is C28H27N3O3S. The molecular weight excluding hydrogens is 458 g/mol. The Balaban J connectivity index is 1.71. The van der Waals surface area contributed by atoms with E-state index < -0.39 is 11.2 Å². The third kappa shape index (κ3) is 5.18. The summed E-state index contributed by atoms with van der Waals surface area (Å²) in [6, 6.07) is 17.4. The van der Waals surface area contributed by atoms with Crippen LogP contribution in [0.5, 0.6) is 0 Å². The van der Waals surface area contributed by atoms with Gasteiger partial charge in [-0.2, -0.15) is 5.26 Å². The Morgan fingerprint density at radius 3 is 2.40 bits per heavy atom. The third-order valence-corrected chi connectivity index (χ3v) is 7.51. The lowest BCUT2D eigenvalue weighted by molar-refractivity contribution is -0.117. The van der Waals surface area contributed by atoms with E-state index >= 15 is 0 Å². The van der Waals surface area contributed by atoms with Gasteiger partial charge in [0.15, 0.2) is 0 Å². The first-order chi connectivity index (χ1) is 16.8. The van der Waals surface area contributed by atoms with E-state index in [1.807, 2.05) is 51.1 Å². The largest absolute Gasteiger partial charge is 0.467 e. The number of hydrogen-bond acceptors (Lipinski definition) is 5. The number of carbonyl (C=O) groups is 2. The molecule has 6 nitrogen and oxygen atoms in total. The Bertz CT molecular complexity index is 1350. The van der Waals surface area contributed by atoms with Gasteiger partial charge in [0.2, 0.25) is 5.91 Å². The van der Waals surface area contributed by atoms with Gasteiger partial charge in [-0.25, -0.2) is 0 Å². The zero-order chi connectivity index (χ0) is 25.1. The van der Waals surface area contributed by atoms with Crippen LogP contribution in [0.4, 0.5) is 5.69 Å². The van der Waals surface area contributed by atoms with Gasteiger partial charge >= 0.3 is 0 Å². The van der Waals surface area contributed by atoms with Crippen molar-refractivity contribution in [3.8, 4) is 6.07 Å². The number of aryl methyl sites for hydroxylation is 4. The van der Waals surface area contributed by atoms with Crippen molar-refractivity contribution in [3.63, 3.8) is 0 Å². The molecule has 1 N–H and O–H groups in total. The van der Waals surface area contributed by atoms with Gasteiger partial charge in [-0.05, 0) is 86.2 Å². The normalized spacial score (nSPS) is 16.8. The van der Waals surface area contributed by atoms with E-state index in [-0.39, 0.29) is 18.0 Å². The number of rotatable bonds is 6. The van der Waals surface area contributed by atoms with Crippen LogP contribution >= 0.6 is 11.8 Å². The summed E-state index contributed by atoms with van der Waals surface area (Å²) in [5.74, 6) is -0.104. The molecule has 0 radical (unpaired) electrons. The van der Waals surface area contributed by atoms with Gasteiger partial charge in [-0.1, -0.05) is 36.0 Å². The van der Waals surface area contributed by atoms with Crippen molar-refractivity contribution in [2.24, 2.45) is 0 Å². The molecule has 1 saturated heterocycles. The van der Waals surface area contributed by atoms with Crippen molar-refractivity contribution in [2.45, 2.75) is 45.9 Å². The second kappa shape index (κ2) is 10.2. The van der Waals surface area contributed by atoms with E-state index in [0.717, 1.165) is 22.3 Å². The minimum atomic E-state index is -0.542. The molecule has 1 aromatic heterocycles. The lowest BCUT2D eigenvalue weighted by Crippen LogP contribution is -2.32. The molecule has 2 heterocycles. The van der Waals surface area contributed by atoms with Crippen molar-refractivity contribution < 1.29 is 14.0 Å². The van der Waals surface area contributed by atoms with Crippen LogP contribution < -0.4 is 10.2 Å². The van der Waals surface area contributed by atoms with Crippen LogP contribution in [-0.4, -0.2) is 17.1 Å². The average Bonchev–Trinajstić information content (AvgIpc) is 3.46. The monoisotopic (exact) mass is 485 g/mol. The second-order valence-corrected chi connectivity index (χ2v) is 9.92. The highest BCUT2D eigenvalue weighted by Crippen LogP contribution is 2.42. The molecule has 178 valence electrons. The van der Waals surface area contributed by atoms with Crippen molar-refractivity contribution in [1.82, 2.24) is 5.32 Å². The van der Waals surface area contributed by atoms with Crippen molar-refractivity contribution >= 4 is 29.3 Å². The maximum Gasteiger partial charge on any atom is 0.265 e. The molecule has 0 saturated carbocycles. The van der Waals surface area contributed by atoms with E-state index in [1.165, 1.54) is 28.5 Å². The maximum atomic E-state index is 13.7. The molecule has 1 aliphatic rings. The van der Waals surface area contributed by atoms with Crippen molar-refractivity contribution in [1.29, 1.82) is 5.26 Å². The van der Waals surface area contributed by atoms with Gasteiger partial charge in [-0.3, -0.25) is 14.5 Å². The van der Waals surface area contributed by atoms with Gasteiger partial charge in [0.1, 0.15) is 22.4 Å². The smallest absolute Gasteiger partial charge is 0.265 e. The van der Waals surface area contributed by atoms with Crippen LogP contribution in [0.25, 0.3) is 0 Å². The molecule has 1 aliphatic heterocycles. The quantitative estimate of drug-likeness (QED) is 0.380. The molecule has 1 atom stereocenters. The highest BCUT2D eigenvalue weighted by molar-refractivity contribution is 8.05. The van der Waals surface area contributed by atoms with Crippen LogP contribution in [-0.2, 0) is 22.6 Å². The number of furan rings is 1. The van der Waals surface area contributed by atoms with Crippen LogP contribution in [0, 0.1) is 39.0 Å². The van der Waals surface area contributed by atoms with E-state index in [4.69, 9.17) is 4.42 Å². The summed E-state index contributed by atoms with van der Waals surface area (Å²) in [5, 5.41) is 12.6. The zero-order valence-corrected chi connectivity index (χ0v) is 21.0. The molecule has 1 unspecified atom stereocenters. The number of thioether (sulfide) groups is 1. The zero-order valence-electron chi connectivity index (χ0n) is 20.2. The number of nitrogens with one attached hydrogen (secondary N) is 1. The number of nitrogens with zero attached hydrogens (tertiary/aromatic N) is 2. The molecule has 35 heavy (non-hydrogen) atoms. The lowest BCUT2D eigenvalue weighted by atomic mass is 10.0. The summed E-state index contributed by atoms with van der Waals surface area (Å²) in [4.78, 5) is 28.2. The summed E-state index contributed by atoms with van der Waals surface area (Å²) in [6.45, 7) is 8.23. The summed E-state index contributed by atoms with van der Waals surface area (Å²) in [7, 11) is 0. The van der Waals surface area contributed by atoms with Crippen molar-refractivity contribution in [2.75, 3.05) is 4.90 Å². The summed E-state index contributed by atoms with van der Waals surface area (Å²) in [5.41, 5.74) is 6.08. The van der Waals surface area contributed by atoms with E-state index in [1.54, 1.807) is 12.1 Å². The van der Waals surface area contributed by atoms with Gasteiger partial charge in [-0.15, -0.1) is 0 Å². The van der Waals surface area contributed by atoms with E-state index in [0.29, 0.717) is 22.9 Å². The Hall–Kier alpha value is -3.76. The molecule has 0 spiro atoms. The van der Waals surface area contributed by atoms with Gasteiger partial charge in [0, 0.05) is 5.69 Å². The van der Waals surface area contributed by atoms with Gasteiger partial charge < -0.3 is 9.73 Å². The molecule has 7 heteroatoms. The highest BCUT2D eigenvalue weighted by atomic mass is 32.2. The Kier molecular flexibility index (Phi) is 7.13. The van der Waals surface area contributed by atoms with E-state index in [9.17, 15) is 14.9 Å². The molecule has 3 aromatic rings. The number of amides is 2. The molecule has 1 fully saturated rings. The maximum absolute atomic E-state index is 13.7. The number of hydrogen-bond donors (Lipinski definition) is 1. The van der Waals surface area contributed by atoms with Gasteiger partial charge in [0.05, 0.1) is 18.1 Å². The summed E-state index contributed by atoms with van der Waals surface area (Å²) in [6.07, 6.45) is 2.03. The standard InChI is InChI=1S/C28H27N3O3S/c1-17-7-9-21(12-19(17)3)14-25-27(33)31(22-10-8-18(2)20(4)13-22)28(35-25)24(15-29)26(32)30-16-23-6-5-11-34-23/h5-13,25H,14,16H2,1-4H3,(H,30,32)/b28-24-. The molecule has 2 aromatic carbocycles. The SMILES string of the molecule is Cc1ccc(CC2S/C(=C(/C#N)C(=O)NCc3ccco3)N(c3ccc(C)c(C)c3)C2=O)cc1C. The number of benzene rings is 2. The third-order valence-electron chi connectivity index (χ3n) is 6.25. The molecule has 0 aliphatic carbocycles. The van der Waals surface area contributed by atoms with E-state index in [2.05, 4.69) is 24.4 Å². The first-order valence-corrected chi connectivity index (χ1v) is 12.3. The first-order valence-electron chi connectivity index (χ1n) is 11.4. The predicted molar refractivity (Wildman–Crippen MR) is 138 cm³/mol. The fourth-order valence-corrected chi connectivity index (χ4v) is 5.21. The average molecular weight is 486 g/mol. The molecule has 0 bridgehead atoms. The number of anilines is 1. The van der Waals surface area contributed by atoms with Crippen LogP contribution in [0.1, 0.15) is 33.6 Å². The Morgan fingerprint density at radius 2 is 1.77 bits per heavy atom. The Morgan fingerprint density at radius 1 is 1.06 bits per heavy atom. The second-order valence-electron chi connectivity index (χ2n) is 8.73. The lowest BCUT2D eigenvalue weighted by Gasteiger charge is -2.20. The predicted octanol–water partition coefficient (Wildman–Crippen LogP) is 5.26. The topological polar surface area (TPSA) is 86.3 Å². The highest BCUT2D eigenvalue weighted by Gasteiger charge is 2.41. The Labute approximate surface area is 209 Å². The minimum Gasteiger partial charge on any atom is -0.467 e. The molecule has 2 amide bonds. The van der Waals surface area contributed by atoms with Crippen LogP contribution in [0.15, 0.2) is 69.8 Å². The van der Waals surface area contributed by atoms with Crippen LogP contribution in [0.3, 0.4) is 0 Å². The van der Waals surface area contributed by atoms with Crippen molar-refractivity contribution in [3.05, 3.63) is 99.0 Å². The van der Waals surface area contributed by atoms with Crippen LogP contribution in [0.2, 0.25) is 0 Å². The number of nitriles is 1. The molecule has 4 rings (SSSR count). The summed E-state index contributed by atoms with van der Waals surface area (Å²) < 4.78 is 5.27. The number of carbonyl (C=O) groups excluding carboxylic acids is 2.